The number of rotatable bonds is 7. The Labute approximate surface area is 156 Å². The normalized spacial score (nSPS) is 15.6. The van der Waals surface area contributed by atoms with Crippen molar-refractivity contribution in [2.75, 3.05) is 26.7 Å². The highest BCUT2D eigenvalue weighted by Gasteiger charge is 2.26. The van der Waals surface area contributed by atoms with Crippen LogP contribution in [0.2, 0.25) is 0 Å². The number of carbonyl (C=O) groups excluding carboxylic acids is 1. The van der Waals surface area contributed by atoms with Gasteiger partial charge in [0.2, 0.25) is 5.91 Å². The predicted molar refractivity (Wildman–Crippen MR) is 104 cm³/mol. The summed E-state index contributed by atoms with van der Waals surface area (Å²) in [6.45, 7) is 4.78. The van der Waals surface area contributed by atoms with Gasteiger partial charge in [0.25, 0.3) is 0 Å². The van der Waals surface area contributed by atoms with Crippen LogP contribution in [0.4, 0.5) is 0 Å². The molecule has 1 N–H and O–H groups in total. The smallest absolute Gasteiger partial charge is 0.224 e. The molecule has 3 rings (SSSR count). The van der Waals surface area contributed by atoms with Gasteiger partial charge >= 0.3 is 0 Å². The lowest BCUT2D eigenvalue weighted by Gasteiger charge is -2.29. The second kappa shape index (κ2) is 8.86. The van der Waals surface area contributed by atoms with Crippen LogP contribution in [-0.4, -0.2) is 37.6 Å². The maximum absolute atomic E-state index is 12.5. The van der Waals surface area contributed by atoms with E-state index in [0.717, 1.165) is 35.5 Å². The summed E-state index contributed by atoms with van der Waals surface area (Å²) in [6, 6.07) is 16.3. The van der Waals surface area contributed by atoms with Crippen molar-refractivity contribution in [1.29, 1.82) is 0 Å². The fraction of sp³-hybridized carbons (Fsp3) is 0.409. The first-order chi connectivity index (χ1) is 12.7. The number of carbonyl (C=O) groups is 1. The number of nitrogens with zero attached hydrogens (tertiary/aromatic N) is 1. The zero-order chi connectivity index (χ0) is 18.4. The minimum absolute atomic E-state index is 0.0680. The number of hydrogen-bond donors (Lipinski definition) is 1. The maximum atomic E-state index is 12.5. The van der Waals surface area contributed by atoms with Crippen LogP contribution in [0, 0.1) is 6.92 Å². The Morgan fingerprint density at radius 3 is 2.54 bits per heavy atom. The molecule has 1 fully saturated rings. The van der Waals surface area contributed by atoms with E-state index in [9.17, 15) is 4.79 Å². The maximum Gasteiger partial charge on any atom is 0.224 e. The number of ether oxygens (including phenoxy) is 1. The Morgan fingerprint density at radius 2 is 1.81 bits per heavy atom. The lowest BCUT2D eigenvalue weighted by molar-refractivity contribution is -0.120. The molecule has 4 nitrogen and oxygen atoms in total. The fourth-order valence-corrected chi connectivity index (χ4v) is 3.69. The molecule has 0 aliphatic carbocycles. The summed E-state index contributed by atoms with van der Waals surface area (Å²) in [5.74, 6) is 0.955. The summed E-state index contributed by atoms with van der Waals surface area (Å²) in [6.07, 6.45) is 2.84. The number of amides is 1. The van der Waals surface area contributed by atoms with E-state index in [2.05, 4.69) is 16.3 Å². The molecule has 4 heteroatoms. The van der Waals surface area contributed by atoms with Crippen molar-refractivity contribution in [3.63, 3.8) is 0 Å². The number of hydrogen-bond acceptors (Lipinski definition) is 3. The average Bonchev–Trinajstić information content (AvgIpc) is 3.19. The molecular weight excluding hydrogens is 324 g/mol. The topological polar surface area (TPSA) is 41.6 Å². The molecule has 138 valence electrons. The molecule has 1 aliphatic rings. The van der Waals surface area contributed by atoms with Crippen molar-refractivity contribution >= 4 is 5.91 Å². The van der Waals surface area contributed by atoms with Crippen LogP contribution in [0.15, 0.2) is 48.5 Å². The van der Waals surface area contributed by atoms with E-state index in [4.69, 9.17) is 4.74 Å². The molecule has 0 aromatic heterocycles. The third kappa shape index (κ3) is 4.44. The third-order valence-electron chi connectivity index (χ3n) is 5.18. The summed E-state index contributed by atoms with van der Waals surface area (Å²) in [5, 5.41) is 3.15. The molecule has 0 radical (unpaired) electrons. The zero-order valence-corrected chi connectivity index (χ0v) is 15.7. The van der Waals surface area contributed by atoms with Crippen molar-refractivity contribution in [3.8, 4) is 5.75 Å². The molecule has 1 saturated heterocycles. The number of para-hydroxylation sites is 1. The molecule has 0 saturated carbocycles. The second-order valence-corrected chi connectivity index (χ2v) is 6.91. The molecule has 2 aromatic carbocycles. The monoisotopic (exact) mass is 352 g/mol. The largest absolute Gasteiger partial charge is 0.496 e. The van der Waals surface area contributed by atoms with Gasteiger partial charge in [0.15, 0.2) is 0 Å². The number of aryl methyl sites for hydroxylation is 1. The van der Waals surface area contributed by atoms with Crippen molar-refractivity contribution in [2.45, 2.75) is 32.2 Å². The highest BCUT2D eigenvalue weighted by Crippen LogP contribution is 2.31. The zero-order valence-electron chi connectivity index (χ0n) is 15.7. The molecular formula is C22H28N2O2. The first-order valence-electron chi connectivity index (χ1n) is 9.37. The molecule has 1 unspecified atom stereocenters. The molecule has 0 spiro atoms. The fourth-order valence-electron chi connectivity index (χ4n) is 3.69. The van der Waals surface area contributed by atoms with E-state index >= 15 is 0 Å². The van der Waals surface area contributed by atoms with Gasteiger partial charge in [-0.05, 0) is 50.0 Å². The van der Waals surface area contributed by atoms with Gasteiger partial charge in [-0.3, -0.25) is 9.69 Å². The summed E-state index contributed by atoms with van der Waals surface area (Å²) in [4.78, 5) is 15.0. The van der Waals surface area contributed by atoms with Crippen LogP contribution in [0.1, 0.15) is 35.6 Å². The van der Waals surface area contributed by atoms with E-state index < -0.39 is 0 Å². The van der Waals surface area contributed by atoms with Gasteiger partial charge in [0.05, 0.1) is 19.6 Å². The molecule has 26 heavy (non-hydrogen) atoms. The Kier molecular flexibility index (Phi) is 6.29. The Bertz CT molecular complexity index is 738. The van der Waals surface area contributed by atoms with E-state index in [-0.39, 0.29) is 11.9 Å². The number of benzene rings is 2. The van der Waals surface area contributed by atoms with Crippen LogP contribution in [-0.2, 0) is 11.2 Å². The van der Waals surface area contributed by atoms with Gasteiger partial charge in [-0.15, -0.1) is 0 Å². The van der Waals surface area contributed by atoms with Crippen LogP contribution in [0.25, 0.3) is 0 Å². The summed E-state index contributed by atoms with van der Waals surface area (Å²) in [5.41, 5.74) is 3.39. The molecule has 1 amide bonds. The highest BCUT2D eigenvalue weighted by molar-refractivity contribution is 5.79. The van der Waals surface area contributed by atoms with Crippen molar-refractivity contribution < 1.29 is 9.53 Å². The van der Waals surface area contributed by atoms with Crippen LogP contribution in [0.3, 0.4) is 0 Å². The van der Waals surface area contributed by atoms with Crippen LogP contribution < -0.4 is 10.1 Å². The molecule has 0 bridgehead atoms. The van der Waals surface area contributed by atoms with Crippen molar-refractivity contribution in [2.24, 2.45) is 0 Å². The van der Waals surface area contributed by atoms with Crippen LogP contribution >= 0.6 is 0 Å². The van der Waals surface area contributed by atoms with Gasteiger partial charge in [-0.2, -0.15) is 0 Å². The predicted octanol–water partition coefficient (Wildman–Crippen LogP) is 3.50. The average molecular weight is 352 g/mol. The molecule has 2 aromatic rings. The van der Waals surface area contributed by atoms with Crippen molar-refractivity contribution in [3.05, 3.63) is 65.2 Å². The van der Waals surface area contributed by atoms with Gasteiger partial charge in [-0.1, -0.05) is 42.5 Å². The number of likely N-dealkylation sites (tertiary alicyclic amines) is 1. The minimum atomic E-state index is 0.0680. The lowest BCUT2D eigenvalue weighted by Crippen LogP contribution is -2.37. The quantitative estimate of drug-likeness (QED) is 0.829. The van der Waals surface area contributed by atoms with Crippen molar-refractivity contribution in [1.82, 2.24) is 10.2 Å². The van der Waals surface area contributed by atoms with E-state index in [1.165, 1.54) is 12.8 Å². The number of nitrogens with one attached hydrogen (secondary N) is 1. The lowest BCUT2D eigenvalue weighted by atomic mass is 10.0. The van der Waals surface area contributed by atoms with Gasteiger partial charge < -0.3 is 10.1 Å². The molecule has 1 heterocycles. The van der Waals surface area contributed by atoms with E-state index in [1.54, 1.807) is 7.11 Å². The SMILES string of the molecule is COc1ccccc1C(CNC(=O)Cc1ccccc1C)N1CCCC1. The molecule has 1 aliphatic heterocycles. The minimum Gasteiger partial charge on any atom is -0.496 e. The Balaban J connectivity index is 1.70. The van der Waals surface area contributed by atoms with Gasteiger partial charge in [0.1, 0.15) is 5.75 Å². The number of methoxy groups -OCH3 is 1. The van der Waals surface area contributed by atoms with Gasteiger partial charge in [0, 0.05) is 12.1 Å². The summed E-state index contributed by atoms with van der Waals surface area (Å²) in [7, 11) is 1.70. The van der Waals surface area contributed by atoms with Crippen LogP contribution in [0.5, 0.6) is 5.75 Å². The summed E-state index contributed by atoms with van der Waals surface area (Å²) < 4.78 is 5.56. The van der Waals surface area contributed by atoms with E-state index in [0.29, 0.717) is 13.0 Å². The molecule has 1 atom stereocenters. The highest BCUT2D eigenvalue weighted by atomic mass is 16.5. The van der Waals surface area contributed by atoms with Gasteiger partial charge in [-0.25, -0.2) is 0 Å². The second-order valence-electron chi connectivity index (χ2n) is 6.91. The summed E-state index contributed by atoms with van der Waals surface area (Å²) >= 11 is 0. The Morgan fingerprint density at radius 1 is 1.12 bits per heavy atom. The first kappa shape index (κ1) is 18.5. The first-order valence-corrected chi connectivity index (χ1v) is 9.37. The Hall–Kier alpha value is -2.33. The third-order valence-corrected chi connectivity index (χ3v) is 5.18. The van der Waals surface area contributed by atoms with E-state index in [1.807, 2.05) is 49.4 Å². The standard InChI is InChI=1S/C22H28N2O2/c1-17-9-3-4-10-18(17)15-22(25)23-16-20(24-13-7-8-14-24)19-11-5-6-12-21(19)26-2/h3-6,9-12,20H,7-8,13-16H2,1-2H3,(H,23,25).